The van der Waals surface area contributed by atoms with E-state index in [0.717, 1.165) is 24.0 Å². The summed E-state index contributed by atoms with van der Waals surface area (Å²) in [5, 5.41) is 3.52. The first-order valence-corrected chi connectivity index (χ1v) is 5.81. The second-order valence-electron chi connectivity index (χ2n) is 4.73. The zero-order chi connectivity index (χ0) is 11.4. The minimum atomic E-state index is 0.390. The molecule has 0 radical (unpaired) electrons. The van der Waals surface area contributed by atoms with Crippen LogP contribution < -0.4 is 5.32 Å². The molecule has 0 aromatic carbocycles. The molecule has 0 spiro atoms. The van der Waals surface area contributed by atoms with E-state index in [-0.39, 0.29) is 0 Å². The number of aryl methyl sites for hydroxylation is 2. The van der Waals surface area contributed by atoms with Crippen molar-refractivity contribution < 1.29 is 4.42 Å². The summed E-state index contributed by atoms with van der Waals surface area (Å²) >= 11 is 0. The Labute approximate surface area is 93.1 Å². The van der Waals surface area contributed by atoms with Crippen molar-refractivity contribution in [3.8, 4) is 0 Å². The normalized spacial score (nSPS) is 13.5. The molecule has 0 saturated carbocycles. The van der Waals surface area contributed by atoms with Crippen LogP contribution in [0.15, 0.2) is 10.5 Å². The fourth-order valence-electron chi connectivity index (χ4n) is 1.78. The van der Waals surface area contributed by atoms with Gasteiger partial charge in [0.1, 0.15) is 11.5 Å². The second kappa shape index (κ2) is 5.36. The molecule has 0 amide bonds. The van der Waals surface area contributed by atoms with Gasteiger partial charge in [0.25, 0.3) is 0 Å². The number of hydrogen-bond acceptors (Lipinski definition) is 2. The monoisotopic (exact) mass is 209 g/mol. The molecule has 0 fully saturated rings. The van der Waals surface area contributed by atoms with Crippen LogP contribution in [0.3, 0.4) is 0 Å². The summed E-state index contributed by atoms with van der Waals surface area (Å²) in [6, 6.07) is 2.52. The van der Waals surface area contributed by atoms with E-state index < -0.39 is 0 Å². The van der Waals surface area contributed by atoms with Gasteiger partial charge in [-0.25, -0.2) is 0 Å². The maximum absolute atomic E-state index is 5.52. The average molecular weight is 209 g/mol. The molecule has 2 nitrogen and oxygen atoms in total. The Bertz CT molecular complexity index is 301. The molecule has 1 heterocycles. The molecule has 0 aliphatic heterocycles. The quantitative estimate of drug-likeness (QED) is 0.801. The zero-order valence-electron chi connectivity index (χ0n) is 10.6. The fourth-order valence-corrected chi connectivity index (χ4v) is 1.78. The molecule has 1 N–H and O–H groups in total. The minimum Gasteiger partial charge on any atom is -0.466 e. The van der Waals surface area contributed by atoms with E-state index in [1.807, 2.05) is 13.8 Å². The first-order valence-electron chi connectivity index (χ1n) is 5.81. The van der Waals surface area contributed by atoms with Gasteiger partial charge in [0, 0.05) is 11.6 Å². The summed E-state index contributed by atoms with van der Waals surface area (Å²) in [6.07, 6.45) is 1.22. The largest absolute Gasteiger partial charge is 0.466 e. The average Bonchev–Trinajstić information content (AvgIpc) is 2.44. The van der Waals surface area contributed by atoms with Gasteiger partial charge in [0.2, 0.25) is 0 Å². The summed E-state index contributed by atoms with van der Waals surface area (Å²) in [4.78, 5) is 0. The van der Waals surface area contributed by atoms with Gasteiger partial charge >= 0.3 is 0 Å². The Balaban J connectivity index is 2.46. The Morgan fingerprint density at radius 2 is 1.93 bits per heavy atom. The van der Waals surface area contributed by atoms with Gasteiger partial charge < -0.3 is 9.73 Å². The summed E-state index contributed by atoms with van der Waals surface area (Å²) in [6.45, 7) is 11.8. The van der Waals surface area contributed by atoms with Crippen LogP contribution in [0.4, 0.5) is 0 Å². The van der Waals surface area contributed by atoms with Crippen molar-refractivity contribution in [3.63, 3.8) is 0 Å². The van der Waals surface area contributed by atoms with Gasteiger partial charge in [-0.2, -0.15) is 0 Å². The van der Waals surface area contributed by atoms with Gasteiger partial charge in [-0.3, -0.25) is 0 Å². The molecule has 0 aliphatic carbocycles. The number of hydrogen-bond donors (Lipinski definition) is 1. The summed E-state index contributed by atoms with van der Waals surface area (Å²) in [5.41, 5.74) is 1.29. The Morgan fingerprint density at radius 3 is 2.40 bits per heavy atom. The van der Waals surface area contributed by atoms with Gasteiger partial charge in [-0.05, 0) is 45.7 Å². The lowest BCUT2D eigenvalue weighted by Gasteiger charge is -2.13. The van der Waals surface area contributed by atoms with Crippen molar-refractivity contribution in [1.82, 2.24) is 5.32 Å². The lowest BCUT2D eigenvalue weighted by atomic mass is 10.1. The minimum absolute atomic E-state index is 0.390. The van der Waals surface area contributed by atoms with E-state index in [1.165, 1.54) is 12.0 Å². The Hall–Kier alpha value is -0.760. The lowest BCUT2D eigenvalue weighted by molar-refractivity contribution is 0.475. The van der Waals surface area contributed by atoms with E-state index in [0.29, 0.717) is 6.04 Å². The number of furan rings is 1. The predicted octanol–water partition coefficient (Wildman–Crippen LogP) is 3.59. The summed E-state index contributed by atoms with van der Waals surface area (Å²) in [5.74, 6) is 2.80. The van der Waals surface area contributed by atoms with E-state index >= 15 is 0 Å². The molecular formula is C13H23NO. The van der Waals surface area contributed by atoms with Crippen molar-refractivity contribution >= 4 is 0 Å². The third-order valence-electron chi connectivity index (χ3n) is 2.72. The molecular weight excluding hydrogens is 186 g/mol. The predicted molar refractivity (Wildman–Crippen MR) is 64.1 cm³/mol. The van der Waals surface area contributed by atoms with Crippen LogP contribution in [0.25, 0.3) is 0 Å². The Morgan fingerprint density at radius 1 is 1.27 bits per heavy atom. The molecule has 2 heteroatoms. The number of nitrogens with one attached hydrogen (secondary N) is 1. The zero-order valence-corrected chi connectivity index (χ0v) is 10.6. The highest BCUT2D eigenvalue weighted by molar-refractivity contribution is 5.23. The van der Waals surface area contributed by atoms with Crippen LogP contribution in [-0.2, 0) is 0 Å². The van der Waals surface area contributed by atoms with Crippen LogP contribution in [0.5, 0.6) is 0 Å². The maximum Gasteiger partial charge on any atom is 0.105 e. The fraction of sp³-hybridized carbons (Fsp3) is 0.692. The van der Waals surface area contributed by atoms with E-state index in [9.17, 15) is 0 Å². The van der Waals surface area contributed by atoms with Crippen LogP contribution in [0, 0.1) is 19.8 Å². The van der Waals surface area contributed by atoms with E-state index in [2.05, 4.69) is 32.2 Å². The van der Waals surface area contributed by atoms with E-state index in [4.69, 9.17) is 4.42 Å². The molecule has 86 valence electrons. The molecule has 1 aromatic heterocycles. The molecule has 1 unspecified atom stereocenters. The van der Waals surface area contributed by atoms with Crippen molar-refractivity contribution in [1.29, 1.82) is 0 Å². The lowest BCUT2D eigenvalue weighted by Crippen LogP contribution is -2.21. The van der Waals surface area contributed by atoms with Crippen molar-refractivity contribution in [2.24, 2.45) is 5.92 Å². The van der Waals surface area contributed by atoms with Gasteiger partial charge in [-0.15, -0.1) is 0 Å². The molecule has 0 saturated heterocycles. The van der Waals surface area contributed by atoms with Gasteiger partial charge in [0.05, 0.1) is 0 Å². The summed E-state index contributed by atoms with van der Waals surface area (Å²) < 4.78 is 5.52. The first kappa shape index (κ1) is 12.3. The van der Waals surface area contributed by atoms with Gasteiger partial charge in [0.15, 0.2) is 0 Å². The Kier molecular flexibility index (Phi) is 4.40. The van der Waals surface area contributed by atoms with Crippen LogP contribution in [0.2, 0.25) is 0 Å². The number of rotatable bonds is 5. The summed E-state index contributed by atoms with van der Waals surface area (Å²) in [7, 11) is 0. The maximum atomic E-state index is 5.52. The van der Waals surface area contributed by atoms with Crippen molar-refractivity contribution in [2.75, 3.05) is 6.54 Å². The third-order valence-corrected chi connectivity index (χ3v) is 2.72. The molecule has 0 aliphatic rings. The molecule has 1 aromatic rings. The smallest absolute Gasteiger partial charge is 0.105 e. The van der Waals surface area contributed by atoms with Crippen molar-refractivity contribution in [3.05, 3.63) is 23.2 Å². The van der Waals surface area contributed by atoms with E-state index in [1.54, 1.807) is 0 Å². The molecule has 0 bridgehead atoms. The SMILES string of the molecule is Cc1cc(C(C)NCCC(C)C)c(C)o1. The van der Waals surface area contributed by atoms with Crippen LogP contribution in [-0.4, -0.2) is 6.54 Å². The first-order chi connectivity index (χ1) is 7.00. The van der Waals surface area contributed by atoms with Crippen molar-refractivity contribution in [2.45, 2.75) is 47.1 Å². The molecule has 15 heavy (non-hydrogen) atoms. The van der Waals surface area contributed by atoms with Crippen LogP contribution in [0.1, 0.15) is 50.3 Å². The standard InChI is InChI=1S/C13H23NO/c1-9(2)6-7-14-11(4)13-8-10(3)15-12(13)5/h8-9,11,14H,6-7H2,1-5H3. The molecule has 1 atom stereocenters. The third kappa shape index (κ3) is 3.71. The highest BCUT2D eigenvalue weighted by atomic mass is 16.3. The topological polar surface area (TPSA) is 25.2 Å². The second-order valence-corrected chi connectivity index (χ2v) is 4.73. The molecule has 1 rings (SSSR count). The highest BCUT2D eigenvalue weighted by Gasteiger charge is 2.11. The van der Waals surface area contributed by atoms with Gasteiger partial charge in [-0.1, -0.05) is 13.8 Å². The highest BCUT2D eigenvalue weighted by Crippen LogP contribution is 2.21. The van der Waals surface area contributed by atoms with Crippen LogP contribution >= 0.6 is 0 Å².